The van der Waals surface area contributed by atoms with Gasteiger partial charge in [-0.3, -0.25) is 0 Å². The van der Waals surface area contributed by atoms with Gasteiger partial charge >= 0.3 is 0 Å². The van der Waals surface area contributed by atoms with E-state index in [2.05, 4.69) is 14.8 Å². The molecule has 1 atom stereocenters. The Balaban J connectivity index is 1.75. The van der Waals surface area contributed by atoms with Crippen molar-refractivity contribution in [1.29, 1.82) is 0 Å². The van der Waals surface area contributed by atoms with Gasteiger partial charge in [-0.15, -0.1) is 0 Å². The van der Waals surface area contributed by atoms with Crippen LogP contribution in [0.25, 0.3) is 16.8 Å². The molecule has 0 aliphatic heterocycles. The smallest absolute Gasteiger partial charge is 0.233 e. The van der Waals surface area contributed by atoms with Crippen molar-refractivity contribution in [3.63, 3.8) is 0 Å². The second-order valence-corrected chi connectivity index (χ2v) is 9.25. The van der Waals surface area contributed by atoms with Gasteiger partial charge in [0.25, 0.3) is 0 Å². The average molecular weight is 421 g/mol. The summed E-state index contributed by atoms with van der Waals surface area (Å²) in [6.07, 6.45) is 1.73. The van der Waals surface area contributed by atoms with Crippen LogP contribution in [-0.2, 0) is 10.0 Å². The molecule has 2 heterocycles. The summed E-state index contributed by atoms with van der Waals surface area (Å²) in [6.45, 7) is 7.54. The van der Waals surface area contributed by atoms with Crippen molar-refractivity contribution < 1.29 is 8.42 Å². The summed E-state index contributed by atoms with van der Waals surface area (Å²) in [5.41, 5.74) is 5.73. The fraction of sp³-hybridized carbons (Fsp3) is 0.217. The van der Waals surface area contributed by atoms with E-state index in [-0.39, 0.29) is 10.9 Å². The van der Waals surface area contributed by atoms with Gasteiger partial charge in [-0.2, -0.15) is 5.10 Å². The van der Waals surface area contributed by atoms with Crippen LogP contribution in [0.15, 0.2) is 65.7 Å². The number of nitrogens with one attached hydrogen (secondary N) is 1. The fourth-order valence-corrected chi connectivity index (χ4v) is 5.14. The largest absolute Gasteiger partial charge is 0.241 e. The predicted octanol–water partition coefficient (Wildman–Crippen LogP) is 4.36. The Morgan fingerprint density at radius 1 is 1.00 bits per heavy atom. The minimum atomic E-state index is -3.72. The maximum Gasteiger partial charge on any atom is 0.241 e. The van der Waals surface area contributed by atoms with E-state index in [0.717, 1.165) is 28.1 Å². The van der Waals surface area contributed by atoms with Crippen LogP contribution in [0.1, 0.15) is 35.5 Å². The van der Waals surface area contributed by atoms with E-state index in [4.69, 9.17) is 0 Å². The molecule has 4 aromatic rings. The summed E-state index contributed by atoms with van der Waals surface area (Å²) < 4.78 is 30.9. The number of hydrogen-bond acceptors (Lipinski definition) is 4. The third-order valence-electron chi connectivity index (χ3n) is 5.20. The lowest BCUT2D eigenvalue weighted by Gasteiger charge is -2.16. The number of aryl methyl sites for hydroxylation is 3. The van der Waals surface area contributed by atoms with Crippen LogP contribution in [0.5, 0.6) is 0 Å². The summed E-state index contributed by atoms with van der Waals surface area (Å²) in [7, 11) is -3.72. The molecule has 0 saturated carbocycles. The van der Waals surface area contributed by atoms with Gasteiger partial charge in [-0.05, 0) is 56.5 Å². The Hall–Kier alpha value is -3.03. The van der Waals surface area contributed by atoms with Crippen molar-refractivity contribution in [2.75, 3.05) is 0 Å². The van der Waals surface area contributed by atoms with Crippen LogP contribution in [0.2, 0.25) is 0 Å². The van der Waals surface area contributed by atoms with E-state index in [1.54, 1.807) is 23.7 Å². The fourth-order valence-electron chi connectivity index (χ4n) is 3.64. The molecule has 0 aliphatic carbocycles. The molecule has 1 N–H and O–H groups in total. The lowest BCUT2D eigenvalue weighted by atomic mass is 10.1. The average Bonchev–Trinajstić information content (AvgIpc) is 3.12. The highest BCUT2D eigenvalue weighted by Gasteiger charge is 2.22. The minimum Gasteiger partial charge on any atom is -0.233 e. The molecule has 0 radical (unpaired) electrons. The molecule has 154 valence electrons. The first kappa shape index (κ1) is 20.3. The monoisotopic (exact) mass is 420 g/mol. The Morgan fingerprint density at radius 2 is 1.73 bits per heavy atom. The first-order chi connectivity index (χ1) is 14.3. The Kier molecular flexibility index (Phi) is 5.17. The SMILES string of the molecule is Cc1cc(C)n2ncc(-c3ccc(C)c(S(=O)(=O)N[C@@H](C)c4ccccc4)c3)c2n1. The lowest BCUT2D eigenvalue weighted by molar-refractivity contribution is 0.566. The van der Waals surface area contributed by atoms with Crippen LogP contribution >= 0.6 is 0 Å². The molecule has 0 amide bonds. The molecule has 0 saturated heterocycles. The van der Waals surface area contributed by atoms with Gasteiger partial charge in [0.1, 0.15) is 0 Å². The van der Waals surface area contributed by atoms with Gasteiger partial charge in [0.05, 0.1) is 11.1 Å². The van der Waals surface area contributed by atoms with Gasteiger partial charge in [-0.1, -0.05) is 42.5 Å². The van der Waals surface area contributed by atoms with Crippen molar-refractivity contribution >= 4 is 15.7 Å². The second-order valence-electron chi connectivity index (χ2n) is 7.57. The highest BCUT2D eigenvalue weighted by molar-refractivity contribution is 7.89. The van der Waals surface area contributed by atoms with Crippen molar-refractivity contribution in [3.05, 3.63) is 83.3 Å². The second kappa shape index (κ2) is 7.66. The van der Waals surface area contributed by atoms with E-state index < -0.39 is 10.0 Å². The number of sulfonamides is 1. The highest BCUT2D eigenvalue weighted by Crippen LogP contribution is 2.29. The number of hydrogen-bond donors (Lipinski definition) is 1. The van der Waals surface area contributed by atoms with Gasteiger partial charge in [0, 0.05) is 23.0 Å². The molecule has 2 aromatic heterocycles. The maximum atomic E-state index is 13.2. The molecule has 0 bridgehead atoms. The highest BCUT2D eigenvalue weighted by atomic mass is 32.2. The number of rotatable bonds is 5. The Morgan fingerprint density at radius 3 is 2.47 bits per heavy atom. The van der Waals surface area contributed by atoms with E-state index >= 15 is 0 Å². The number of nitrogens with zero attached hydrogens (tertiary/aromatic N) is 3. The minimum absolute atomic E-state index is 0.256. The number of aromatic nitrogens is 3. The molecule has 4 rings (SSSR count). The van der Waals surface area contributed by atoms with Crippen molar-refractivity contribution in [3.8, 4) is 11.1 Å². The van der Waals surface area contributed by atoms with Crippen molar-refractivity contribution in [1.82, 2.24) is 19.3 Å². The quantitative estimate of drug-likeness (QED) is 0.520. The molecule has 30 heavy (non-hydrogen) atoms. The van der Waals surface area contributed by atoms with Crippen LogP contribution in [0, 0.1) is 20.8 Å². The molecule has 2 aromatic carbocycles. The first-order valence-electron chi connectivity index (χ1n) is 9.76. The van der Waals surface area contributed by atoms with Gasteiger partial charge < -0.3 is 0 Å². The topological polar surface area (TPSA) is 76.4 Å². The van der Waals surface area contributed by atoms with E-state index in [9.17, 15) is 8.42 Å². The Labute approximate surface area is 176 Å². The van der Waals surface area contributed by atoms with E-state index in [0.29, 0.717) is 11.2 Å². The third-order valence-corrected chi connectivity index (χ3v) is 6.88. The molecular formula is C23H24N4O2S. The van der Waals surface area contributed by atoms with Crippen LogP contribution in [0.3, 0.4) is 0 Å². The normalized spacial score (nSPS) is 12.9. The summed E-state index contributed by atoms with van der Waals surface area (Å²) in [5.74, 6) is 0. The van der Waals surface area contributed by atoms with Crippen molar-refractivity contribution in [2.24, 2.45) is 0 Å². The summed E-state index contributed by atoms with van der Waals surface area (Å²) in [4.78, 5) is 4.87. The number of benzene rings is 2. The van der Waals surface area contributed by atoms with E-state index in [1.807, 2.05) is 69.3 Å². The predicted molar refractivity (Wildman–Crippen MR) is 118 cm³/mol. The van der Waals surface area contributed by atoms with Crippen LogP contribution in [-0.4, -0.2) is 23.0 Å². The Bertz CT molecular complexity index is 1330. The van der Waals surface area contributed by atoms with Gasteiger partial charge in [0.15, 0.2) is 5.65 Å². The lowest BCUT2D eigenvalue weighted by Crippen LogP contribution is -2.27. The molecule has 6 nitrogen and oxygen atoms in total. The van der Waals surface area contributed by atoms with Crippen LogP contribution in [0.4, 0.5) is 0 Å². The van der Waals surface area contributed by atoms with Gasteiger partial charge in [-0.25, -0.2) is 22.6 Å². The summed E-state index contributed by atoms with van der Waals surface area (Å²) >= 11 is 0. The van der Waals surface area contributed by atoms with Gasteiger partial charge in [0.2, 0.25) is 10.0 Å². The van der Waals surface area contributed by atoms with Crippen molar-refractivity contribution in [2.45, 2.75) is 38.6 Å². The molecule has 0 spiro atoms. The molecule has 0 fully saturated rings. The third kappa shape index (κ3) is 3.74. The van der Waals surface area contributed by atoms with E-state index in [1.165, 1.54) is 0 Å². The zero-order valence-corrected chi connectivity index (χ0v) is 18.2. The number of fused-ring (bicyclic) bond motifs is 1. The molecule has 0 aliphatic rings. The maximum absolute atomic E-state index is 13.2. The standard InChI is InChI=1S/C23H24N4O2S/c1-15-10-11-20(21-14-24-27-17(3)12-16(2)25-23(21)27)13-22(15)30(28,29)26-18(4)19-8-6-5-7-9-19/h5-14,18,26H,1-4H3/t18-/m0/s1. The molecule has 7 heteroatoms. The summed E-state index contributed by atoms with van der Waals surface area (Å²) in [6, 6.07) is 16.6. The van der Waals surface area contributed by atoms with Crippen LogP contribution < -0.4 is 4.72 Å². The zero-order chi connectivity index (χ0) is 21.5. The molecule has 0 unspecified atom stereocenters. The molecular weight excluding hydrogens is 396 g/mol. The zero-order valence-electron chi connectivity index (χ0n) is 17.4. The first-order valence-corrected chi connectivity index (χ1v) is 11.2. The summed E-state index contributed by atoms with van der Waals surface area (Å²) in [5, 5.41) is 4.43.